The molecule has 2 aromatic carbocycles. The first-order chi connectivity index (χ1) is 14.0. The number of non-ortho nitro benzene ring substituents is 1. The van der Waals surface area contributed by atoms with E-state index in [0.717, 1.165) is 5.56 Å². The summed E-state index contributed by atoms with van der Waals surface area (Å²) in [5.41, 5.74) is 1.26. The Labute approximate surface area is 168 Å². The Bertz CT molecular complexity index is 879. The van der Waals surface area contributed by atoms with Crippen molar-refractivity contribution in [3.05, 3.63) is 75.8 Å². The van der Waals surface area contributed by atoms with Gasteiger partial charge in [-0.25, -0.2) is 0 Å². The van der Waals surface area contributed by atoms with Gasteiger partial charge in [-0.1, -0.05) is 36.4 Å². The van der Waals surface area contributed by atoms with Gasteiger partial charge in [0.05, 0.1) is 4.92 Å². The van der Waals surface area contributed by atoms with E-state index in [1.54, 1.807) is 11.0 Å². The van der Waals surface area contributed by atoms with Crippen molar-refractivity contribution in [1.29, 1.82) is 0 Å². The van der Waals surface area contributed by atoms with E-state index >= 15 is 0 Å². The van der Waals surface area contributed by atoms with Crippen molar-refractivity contribution in [3.63, 3.8) is 0 Å². The molecule has 0 spiro atoms. The number of nitro benzene ring substituents is 1. The van der Waals surface area contributed by atoms with Crippen LogP contribution in [0.3, 0.4) is 0 Å². The predicted octanol–water partition coefficient (Wildman–Crippen LogP) is 2.96. The van der Waals surface area contributed by atoms with Gasteiger partial charge in [-0.15, -0.1) is 0 Å². The van der Waals surface area contributed by atoms with E-state index in [9.17, 15) is 19.7 Å². The molecule has 29 heavy (non-hydrogen) atoms. The fourth-order valence-corrected chi connectivity index (χ4v) is 3.67. The Morgan fingerprint density at radius 2 is 1.72 bits per heavy atom. The minimum atomic E-state index is -0.828. The summed E-state index contributed by atoms with van der Waals surface area (Å²) in [5, 5.41) is 20.0. The number of nitro groups is 1. The standard InChI is InChI=1S/C21H23N3O5/c25-20(26)10-9-19(16-5-2-1-3-6-16)22-11-13-23(14-12-22)21(27)17-7-4-8-18(15-17)24(28)29/h1-8,15,19H,9-14H2,(H,25,26)/t19-/m1/s1. The summed E-state index contributed by atoms with van der Waals surface area (Å²) >= 11 is 0. The van der Waals surface area contributed by atoms with Gasteiger partial charge >= 0.3 is 5.97 Å². The van der Waals surface area contributed by atoms with Crippen LogP contribution in [0.5, 0.6) is 0 Å². The van der Waals surface area contributed by atoms with Gasteiger partial charge in [0, 0.05) is 56.3 Å². The number of hydrogen-bond donors (Lipinski definition) is 1. The fourth-order valence-electron chi connectivity index (χ4n) is 3.67. The molecule has 1 amide bonds. The van der Waals surface area contributed by atoms with E-state index in [-0.39, 0.29) is 24.1 Å². The summed E-state index contributed by atoms with van der Waals surface area (Å²) in [7, 11) is 0. The third-order valence-corrected chi connectivity index (χ3v) is 5.16. The predicted molar refractivity (Wildman–Crippen MR) is 107 cm³/mol. The zero-order valence-corrected chi connectivity index (χ0v) is 15.9. The molecule has 0 radical (unpaired) electrons. The number of amides is 1. The topological polar surface area (TPSA) is 104 Å². The monoisotopic (exact) mass is 397 g/mol. The van der Waals surface area contributed by atoms with Crippen LogP contribution in [0.4, 0.5) is 5.69 Å². The first-order valence-corrected chi connectivity index (χ1v) is 9.50. The molecule has 1 atom stereocenters. The maximum atomic E-state index is 12.7. The number of nitrogens with zero attached hydrogens (tertiary/aromatic N) is 3. The Balaban J connectivity index is 1.67. The molecule has 1 aliphatic heterocycles. The molecule has 1 aliphatic rings. The van der Waals surface area contributed by atoms with Crippen molar-refractivity contribution in [2.24, 2.45) is 0 Å². The molecule has 152 valence electrons. The molecule has 1 heterocycles. The molecule has 0 saturated carbocycles. The van der Waals surface area contributed by atoms with Crippen molar-refractivity contribution >= 4 is 17.6 Å². The maximum Gasteiger partial charge on any atom is 0.303 e. The number of benzene rings is 2. The van der Waals surface area contributed by atoms with Crippen LogP contribution in [0.2, 0.25) is 0 Å². The van der Waals surface area contributed by atoms with E-state index in [1.807, 2.05) is 30.3 Å². The highest BCUT2D eigenvalue weighted by molar-refractivity contribution is 5.94. The molecule has 0 aromatic heterocycles. The van der Waals surface area contributed by atoms with Gasteiger partial charge in [0.2, 0.25) is 0 Å². The van der Waals surface area contributed by atoms with Crippen LogP contribution in [0.25, 0.3) is 0 Å². The molecule has 8 heteroatoms. The lowest BCUT2D eigenvalue weighted by atomic mass is 9.99. The lowest BCUT2D eigenvalue weighted by Crippen LogP contribution is -2.49. The number of aliphatic carboxylic acids is 1. The molecule has 2 aromatic rings. The lowest BCUT2D eigenvalue weighted by Gasteiger charge is -2.39. The van der Waals surface area contributed by atoms with Crippen molar-refractivity contribution in [2.45, 2.75) is 18.9 Å². The van der Waals surface area contributed by atoms with Crippen molar-refractivity contribution in [2.75, 3.05) is 26.2 Å². The zero-order chi connectivity index (χ0) is 20.8. The summed E-state index contributed by atoms with van der Waals surface area (Å²) in [4.78, 5) is 38.1. The van der Waals surface area contributed by atoms with Gasteiger partial charge in [0.1, 0.15) is 0 Å². The number of piperazine rings is 1. The highest BCUT2D eigenvalue weighted by Gasteiger charge is 2.28. The fraction of sp³-hybridized carbons (Fsp3) is 0.333. The van der Waals surface area contributed by atoms with Crippen LogP contribution in [-0.2, 0) is 4.79 Å². The molecule has 1 fully saturated rings. The van der Waals surface area contributed by atoms with E-state index in [4.69, 9.17) is 5.11 Å². The summed E-state index contributed by atoms with van der Waals surface area (Å²) in [6.07, 6.45) is 0.574. The Kier molecular flexibility index (Phi) is 6.56. The van der Waals surface area contributed by atoms with Crippen LogP contribution >= 0.6 is 0 Å². The second-order valence-corrected chi connectivity index (χ2v) is 6.99. The smallest absolute Gasteiger partial charge is 0.303 e. The number of carbonyl (C=O) groups is 2. The minimum Gasteiger partial charge on any atom is -0.481 e. The van der Waals surface area contributed by atoms with Gasteiger partial charge in [-0.3, -0.25) is 24.6 Å². The van der Waals surface area contributed by atoms with E-state index < -0.39 is 10.9 Å². The second-order valence-electron chi connectivity index (χ2n) is 6.99. The van der Waals surface area contributed by atoms with Gasteiger partial charge in [0.15, 0.2) is 0 Å². The quantitative estimate of drug-likeness (QED) is 0.569. The first-order valence-electron chi connectivity index (χ1n) is 9.50. The van der Waals surface area contributed by atoms with E-state index in [2.05, 4.69) is 4.90 Å². The number of rotatable bonds is 7. The van der Waals surface area contributed by atoms with Crippen molar-refractivity contribution in [1.82, 2.24) is 9.80 Å². The highest BCUT2D eigenvalue weighted by Crippen LogP contribution is 2.27. The molecule has 0 unspecified atom stereocenters. The van der Waals surface area contributed by atoms with Crippen molar-refractivity contribution < 1.29 is 19.6 Å². The number of carboxylic acid groups (broad SMARTS) is 1. The largest absolute Gasteiger partial charge is 0.481 e. The Morgan fingerprint density at radius 3 is 2.34 bits per heavy atom. The summed E-state index contributed by atoms with van der Waals surface area (Å²) in [6, 6.07) is 15.5. The molecule has 0 aliphatic carbocycles. The van der Waals surface area contributed by atoms with Crippen LogP contribution in [0.1, 0.15) is 34.8 Å². The van der Waals surface area contributed by atoms with Gasteiger partial charge in [-0.05, 0) is 18.1 Å². The molecule has 1 saturated heterocycles. The summed E-state index contributed by atoms with van der Waals surface area (Å²) < 4.78 is 0. The summed E-state index contributed by atoms with van der Waals surface area (Å²) in [5.74, 6) is -1.06. The minimum absolute atomic E-state index is 0.0256. The van der Waals surface area contributed by atoms with Crippen LogP contribution in [0, 0.1) is 10.1 Å². The molecular weight excluding hydrogens is 374 g/mol. The Hall–Kier alpha value is -3.26. The molecule has 0 bridgehead atoms. The third-order valence-electron chi connectivity index (χ3n) is 5.16. The van der Waals surface area contributed by atoms with Crippen LogP contribution in [-0.4, -0.2) is 57.9 Å². The zero-order valence-electron chi connectivity index (χ0n) is 15.9. The molecular formula is C21H23N3O5. The number of carboxylic acids is 1. The third kappa shape index (κ3) is 5.17. The van der Waals surface area contributed by atoms with Gasteiger partial charge < -0.3 is 10.0 Å². The van der Waals surface area contributed by atoms with Crippen LogP contribution < -0.4 is 0 Å². The van der Waals surface area contributed by atoms with Crippen molar-refractivity contribution in [3.8, 4) is 0 Å². The maximum absolute atomic E-state index is 12.7. The molecule has 3 rings (SSSR count). The average Bonchev–Trinajstić information content (AvgIpc) is 2.74. The molecule has 1 N–H and O–H groups in total. The average molecular weight is 397 g/mol. The first kappa shape index (κ1) is 20.5. The van der Waals surface area contributed by atoms with E-state index in [0.29, 0.717) is 38.2 Å². The second kappa shape index (κ2) is 9.29. The Morgan fingerprint density at radius 1 is 1.03 bits per heavy atom. The SMILES string of the molecule is O=C(O)CC[C@H](c1ccccc1)N1CCN(C(=O)c2cccc([N+](=O)[O-])c2)CC1. The van der Waals surface area contributed by atoms with E-state index in [1.165, 1.54) is 18.2 Å². The van der Waals surface area contributed by atoms with Gasteiger partial charge in [-0.2, -0.15) is 0 Å². The number of carbonyl (C=O) groups excluding carboxylic acids is 1. The summed E-state index contributed by atoms with van der Waals surface area (Å²) in [6.45, 7) is 2.19. The molecule has 8 nitrogen and oxygen atoms in total. The van der Waals surface area contributed by atoms with Crippen LogP contribution in [0.15, 0.2) is 54.6 Å². The normalized spacial score (nSPS) is 15.7. The highest BCUT2D eigenvalue weighted by atomic mass is 16.6. The van der Waals surface area contributed by atoms with Gasteiger partial charge in [0.25, 0.3) is 11.6 Å². The lowest BCUT2D eigenvalue weighted by molar-refractivity contribution is -0.384. The number of hydrogen-bond acceptors (Lipinski definition) is 5.